The fourth-order valence-corrected chi connectivity index (χ4v) is 1.95. The lowest BCUT2D eigenvalue weighted by Gasteiger charge is -2.34. The van der Waals surface area contributed by atoms with Crippen molar-refractivity contribution in [3.8, 4) is 0 Å². The van der Waals surface area contributed by atoms with Crippen LogP contribution in [0.3, 0.4) is 0 Å². The van der Waals surface area contributed by atoms with Crippen LogP contribution in [0.1, 0.15) is 39.3 Å². The monoisotopic (exact) mass is 229 g/mol. The van der Waals surface area contributed by atoms with Gasteiger partial charge in [0.1, 0.15) is 0 Å². The third-order valence-corrected chi connectivity index (χ3v) is 3.27. The number of hydrogen-bond donors (Lipinski definition) is 0. The molecule has 0 unspecified atom stereocenters. The molecule has 2 nitrogen and oxygen atoms in total. The highest BCUT2D eigenvalue weighted by molar-refractivity contribution is 5.19. The molecule has 0 amide bonds. The number of hydrogen-bond acceptors (Lipinski definition) is 2. The zero-order chi connectivity index (χ0) is 12.5. The molecule has 91 valence electrons. The maximum absolute atomic E-state index is 3.33. The van der Waals surface area contributed by atoms with Crippen molar-refractivity contribution in [2.45, 2.75) is 39.3 Å². The molecule has 0 saturated heterocycles. The summed E-state index contributed by atoms with van der Waals surface area (Å²) in [5.74, 6) is 0. The first-order chi connectivity index (χ1) is 7.98. The van der Waals surface area contributed by atoms with Crippen molar-refractivity contribution in [2.75, 3.05) is 6.67 Å². The van der Waals surface area contributed by atoms with Crippen LogP contribution in [0.2, 0.25) is 0 Å². The summed E-state index contributed by atoms with van der Waals surface area (Å²) in [5.41, 5.74) is 1.49. The minimum atomic E-state index is 0.141. The first-order valence-electron chi connectivity index (χ1n) is 6.16. The number of rotatable bonds is 2. The first kappa shape index (κ1) is 12.0. The molecule has 0 aromatic heterocycles. The van der Waals surface area contributed by atoms with Crippen LogP contribution in [-0.2, 0) is 0 Å². The van der Waals surface area contributed by atoms with E-state index in [1.807, 2.05) is 0 Å². The lowest BCUT2D eigenvalue weighted by Crippen LogP contribution is -2.40. The van der Waals surface area contributed by atoms with Gasteiger partial charge in [-0.2, -0.15) is 0 Å². The van der Waals surface area contributed by atoms with Gasteiger partial charge in [0.25, 0.3) is 0 Å². The molecule has 1 aromatic rings. The predicted molar refractivity (Wildman–Crippen MR) is 71.0 cm³/mol. The summed E-state index contributed by atoms with van der Waals surface area (Å²) in [6.07, 6.45) is 5.40. The lowest BCUT2D eigenvalue weighted by molar-refractivity contribution is 0.136. The van der Waals surface area contributed by atoms with Crippen LogP contribution in [0.25, 0.3) is 0 Å². The van der Waals surface area contributed by atoms with E-state index in [0.717, 1.165) is 6.67 Å². The molecule has 2 rings (SSSR count). The van der Waals surface area contributed by atoms with Crippen LogP contribution in [0, 0.1) is 6.20 Å². The van der Waals surface area contributed by atoms with Crippen molar-refractivity contribution in [1.82, 2.24) is 9.80 Å². The van der Waals surface area contributed by atoms with Gasteiger partial charge in [-0.3, -0.25) is 0 Å². The van der Waals surface area contributed by atoms with E-state index in [4.69, 9.17) is 0 Å². The van der Waals surface area contributed by atoms with Gasteiger partial charge in [-0.05, 0) is 33.3 Å². The highest BCUT2D eigenvalue weighted by atomic mass is 15.4. The van der Waals surface area contributed by atoms with Crippen LogP contribution >= 0.6 is 0 Å². The largest absolute Gasteiger partial charge is 0.351 e. The van der Waals surface area contributed by atoms with E-state index >= 15 is 0 Å². The predicted octanol–water partition coefficient (Wildman–Crippen LogP) is 3.40. The van der Waals surface area contributed by atoms with Crippen molar-refractivity contribution in [2.24, 2.45) is 0 Å². The van der Waals surface area contributed by atoms with Crippen LogP contribution in [-0.4, -0.2) is 22.0 Å². The normalized spacial score (nSPS) is 17.6. The Balaban J connectivity index is 2.05. The van der Waals surface area contributed by atoms with Gasteiger partial charge < -0.3 is 9.80 Å². The Morgan fingerprint density at radius 2 is 1.82 bits per heavy atom. The molecule has 2 heteroatoms. The lowest BCUT2D eigenvalue weighted by atomic mass is 10.1. The number of benzene rings is 1. The smallest absolute Gasteiger partial charge is 0.0910 e. The van der Waals surface area contributed by atoms with Crippen LogP contribution in [0.15, 0.2) is 36.5 Å². The molecular formula is C15H21N2. The second kappa shape index (κ2) is 4.44. The second-order valence-corrected chi connectivity index (χ2v) is 5.60. The summed E-state index contributed by atoms with van der Waals surface area (Å²) in [7, 11) is 0. The summed E-state index contributed by atoms with van der Waals surface area (Å²) >= 11 is 0. The molecule has 1 aliphatic rings. The van der Waals surface area contributed by atoms with Gasteiger partial charge >= 0.3 is 0 Å². The van der Waals surface area contributed by atoms with Crippen molar-refractivity contribution in [3.05, 3.63) is 48.3 Å². The Morgan fingerprint density at radius 3 is 2.35 bits per heavy atom. The van der Waals surface area contributed by atoms with Gasteiger partial charge in [0, 0.05) is 11.7 Å². The van der Waals surface area contributed by atoms with Crippen molar-refractivity contribution >= 4 is 0 Å². The minimum Gasteiger partial charge on any atom is -0.351 e. The van der Waals surface area contributed by atoms with E-state index in [1.54, 1.807) is 0 Å². The van der Waals surface area contributed by atoms with E-state index in [2.05, 4.69) is 80.2 Å². The molecule has 1 radical (unpaired) electrons. The first-order valence-corrected chi connectivity index (χ1v) is 6.16. The molecule has 1 atom stereocenters. The minimum absolute atomic E-state index is 0.141. The average molecular weight is 229 g/mol. The Bertz CT molecular complexity index is 389. The Labute approximate surface area is 105 Å². The highest BCUT2D eigenvalue weighted by Crippen LogP contribution is 2.26. The van der Waals surface area contributed by atoms with E-state index in [9.17, 15) is 0 Å². The SMILES string of the molecule is C[C@@H](c1ccccc1)N1C=[C]N(C(C)(C)C)C1. The van der Waals surface area contributed by atoms with Gasteiger partial charge in [-0.25, -0.2) is 0 Å². The van der Waals surface area contributed by atoms with E-state index in [0.29, 0.717) is 6.04 Å². The van der Waals surface area contributed by atoms with Crippen LogP contribution < -0.4 is 0 Å². The van der Waals surface area contributed by atoms with Crippen LogP contribution in [0.5, 0.6) is 0 Å². The fourth-order valence-electron chi connectivity index (χ4n) is 1.95. The molecule has 0 N–H and O–H groups in total. The van der Waals surface area contributed by atoms with E-state index in [1.165, 1.54) is 5.56 Å². The summed E-state index contributed by atoms with van der Waals surface area (Å²) < 4.78 is 0. The molecule has 1 heterocycles. The fraction of sp³-hybridized carbons (Fsp3) is 0.467. The van der Waals surface area contributed by atoms with Gasteiger partial charge in [0.2, 0.25) is 0 Å². The molecule has 0 fully saturated rings. The van der Waals surface area contributed by atoms with Gasteiger partial charge in [-0.15, -0.1) is 0 Å². The summed E-state index contributed by atoms with van der Waals surface area (Å²) in [6.45, 7) is 9.79. The molecule has 0 spiro atoms. The maximum Gasteiger partial charge on any atom is 0.0910 e. The molecule has 0 saturated carbocycles. The molecule has 0 bridgehead atoms. The summed E-state index contributed by atoms with van der Waals surface area (Å²) in [5, 5.41) is 0. The van der Waals surface area contributed by atoms with E-state index in [-0.39, 0.29) is 5.54 Å². The van der Waals surface area contributed by atoms with Gasteiger partial charge in [0.15, 0.2) is 0 Å². The second-order valence-electron chi connectivity index (χ2n) is 5.60. The quantitative estimate of drug-likeness (QED) is 0.767. The van der Waals surface area contributed by atoms with Crippen molar-refractivity contribution < 1.29 is 0 Å². The average Bonchev–Trinajstić information content (AvgIpc) is 2.78. The topological polar surface area (TPSA) is 6.48 Å². The van der Waals surface area contributed by atoms with E-state index < -0.39 is 0 Å². The zero-order valence-electron chi connectivity index (χ0n) is 11.1. The van der Waals surface area contributed by atoms with Crippen molar-refractivity contribution in [3.63, 3.8) is 0 Å². The molecule has 1 aromatic carbocycles. The number of nitrogens with zero attached hydrogens (tertiary/aromatic N) is 2. The Kier molecular flexibility index (Phi) is 3.14. The van der Waals surface area contributed by atoms with Gasteiger partial charge in [0.05, 0.1) is 18.9 Å². The standard InChI is InChI=1S/C15H21N2/c1-13(14-8-6-5-7-9-14)16-10-11-17(12-16)15(2,3)4/h5-10,13H,12H2,1-4H3/t13-/m0/s1. The molecule has 0 aliphatic carbocycles. The van der Waals surface area contributed by atoms with Gasteiger partial charge in [-0.1, -0.05) is 30.3 Å². The van der Waals surface area contributed by atoms with Crippen LogP contribution in [0.4, 0.5) is 0 Å². The Morgan fingerprint density at radius 1 is 1.18 bits per heavy atom. The molecular weight excluding hydrogens is 208 g/mol. The summed E-state index contributed by atoms with van der Waals surface area (Å²) in [6, 6.07) is 11.0. The summed E-state index contributed by atoms with van der Waals surface area (Å²) in [4.78, 5) is 4.56. The molecule has 1 aliphatic heterocycles. The zero-order valence-corrected chi connectivity index (χ0v) is 11.1. The maximum atomic E-state index is 3.33. The van der Waals surface area contributed by atoms with Crippen molar-refractivity contribution in [1.29, 1.82) is 0 Å². The third-order valence-electron chi connectivity index (χ3n) is 3.27. The molecule has 17 heavy (non-hydrogen) atoms. The third kappa shape index (κ3) is 2.63. The Hall–Kier alpha value is -1.44. The highest BCUT2D eigenvalue weighted by Gasteiger charge is 2.26.